The van der Waals surface area contributed by atoms with Crippen LogP contribution in [0.4, 0.5) is 0 Å². The summed E-state index contributed by atoms with van der Waals surface area (Å²) in [6.07, 6.45) is 0. The second-order valence-electron chi connectivity index (χ2n) is 5.00. The second kappa shape index (κ2) is 5.51. The molecule has 1 aliphatic rings. The van der Waals surface area contributed by atoms with Crippen molar-refractivity contribution in [1.82, 2.24) is 10.2 Å². The number of primary sulfonamides is 1. The summed E-state index contributed by atoms with van der Waals surface area (Å²) in [6, 6.07) is 2.88. The number of rotatable bonds is 2. The molecule has 0 spiro atoms. The molecule has 0 aliphatic carbocycles. The van der Waals surface area contributed by atoms with E-state index >= 15 is 0 Å². The Morgan fingerprint density at radius 1 is 1.25 bits per heavy atom. The number of sulfonamides is 1. The number of piperazine rings is 1. The summed E-state index contributed by atoms with van der Waals surface area (Å²) in [7, 11) is -3.81. The van der Waals surface area contributed by atoms with Crippen LogP contribution in [0.3, 0.4) is 0 Å². The number of nitrogens with two attached hydrogens (primary N) is 1. The zero-order valence-corrected chi connectivity index (χ0v) is 12.5. The minimum Gasteiger partial charge on any atom is -0.336 e. The van der Waals surface area contributed by atoms with Crippen LogP contribution in [0.2, 0.25) is 0 Å². The minimum absolute atomic E-state index is 0.0147. The molecule has 0 unspecified atom stereocenters. The van der Waals surface area contributed by atoms with Crippen LogP contribution in [0.15, 0.2) is 17.0 Å². The lowest BCUT2D eigenvalue weighted by molar-refractivity contribution is 0.0734. The zero-order chi connectivity index (χ0) is 14.9. The van der Waals surface area contributed by atoms with E-state index in [0.29, 0.717) is 18.7 Å². The van der Waals surface area contributed by atoms with Gasteiger partial charge in [-0.3, -0.25) is 4.79 Å². The standard InChI is InChI=1S/C13H19N3O3S/c1-9-7-11(20(14,18)19)8-12(10(9)2)13(17)16-5-3-15-4-6-16/h7-8,15H,3-6H2,1-2H3,(H2,14,18,19). The minimum atomic E-state index is -3.81. The number of hydrogen-bond donors (Lipinski definition) is 2. The molecule has 1 aliphatic heterocycles. The van der Waals surface area contributed by atoms with Gasteiger partial charge in [0.25, 0.3) is 5.91 Å². The molecule has 0 atom stereocenters. The summed E-state index contributed by atoms with van der Waals surface area (Å²) >= 11 is 0. The Bertz CT molecular complexity index is 635. The van der Waals surface area contributed by atoms with Crippen molar-refractivity contribution in [1.29, 1.82) is 0 Å². The van der Waals surface area contributed by atoms with Crippen LogP contribution in [0.1, 0.15) is 21.5 Å². The maximum atomic E-state index is 12.5. The van der Waals surface area contributed by atoms with E-state index in [2.05, 4.69) is 5.32 Å². The Kier molecular flexibility index (Phi) is 4.12. The first-order valence-corrected chi connectivity index (χ1v) is 7.99. The topological polar surface area (TPSA) is 92.5 Å². The lowest BCUT2D eigenvalue weighted by Gasteiger charge is -2.28. The molecule has 1 aromatic rings. The number of amides is 1. The monoisotopic (exact) mass is 297 g/mol. The van der Waals surface area contributed by atoms with Gasteiger partial charge in [-0.25, -0.2) is 13.6 Å². The van der Waals surface area contributed by atoms with E-state index in [9.17, 15) is 13.2 Å². The van der Waals surface area contributed by atoms with Gasteiger partial charge < -0.3 is 10.2 Å². The van der Waals surface area contributed by atoms with Crippen LogP contribution < -0.4 is 10.5 Å². The largest absolute Gasteiger partial charge is 0.336 e. The normalized spacial score (nSPS) is 16.2. The van der Waals surface area contributed by atoms with Crippen molar-refractivity contribution in [3.63, 3.8) is 0 Å². The summed E-state index contributed by atoms with van der Waals surface area (Å²) in [5.41, 5.74) is 1.95. The van der Waals surface area contributed by atoms with Crippen LogP contribution >= 0.6 is 0 Å². The molecule has 7 heteroatoms. The molecule has 1 aromatic carbocycles. The molecule has 2 rings (SSSR count). The molecule has 0 radical (unpaired) electrons. The number of aryl methyl sites for hydroxylation is 1. The van der Waals surface area contributed by atoms with Gasteiger partial charge in [0.1, 0.15) is 0 Å². The van der Waals surface area contributed by atoms with Crippen LogP contribution in [0, 0.1) is 13.8 Å². The molecule has 0 aromatic heterocycles. The van der Waals surface area contributed by atoms with Crippen molar-refractivity contribution in [2.45, 2.75) is 18.7 Å². The van der Waals surface area contributed by atoms with E-state index in [1.165, 1.54) is 12.1 Å². The first kappa shape index (κ1) is 15.0. The van der Waals surface area contributed by atoms with E-state index in [1.807, 2.05) is 6.92 Å². The molecule has 0 bridgehead atoms. The molecular weight excluding hydrogens is 278 g/mol. The van der Waals surface area contributed by atoms with Crippen molar-refractivity contribution in [2.75, 3.05) is 26.2 Å². The van der Waals surface area contributed by atoms with Crippen molar-refractivity contribution in [3.8, 4) is 0 Å². The Morgan fingerprint density at radius 2 is 1.85 bits per heavy atom. The number of benzene rings is 1. The molecule has 0 saturated carbocycles. The molecule has 3 N–H and O–H groups in total. The molecule has 110 valence electrons. The number of hydrogen-bond acceptors (Lipinski definition) is 4. The Balaban J connectivity index is 2.44. The van der Waals surface area contributed by atoms with Gasteiger partial charge >= 0.3 is 0 Å². The Morgan fingerprint density at radius 3 is 2.40 bits per heavy atom. The Labute approximate surface area is 119 Å². The molecule has 1 amide bonds. The van der Waals surface area contributed by atoms with Gasteiger partial charge in [-0.1, -0.05) is 0 Å². The molecule has 20 heavy (non-hydrogen) atoms. The highest BCUT2D eigenvalue weighted by Crippen LogP contribution is 2.20. The average Bonchev–Trinajstić information content (AvgIpc) is 2.40. The van der Waals surface area contributed by atoms with Crippen LogP contribution in [-0.2, 0) is 10.0 Å². The highest BCUT2D eigenvalue weighted by molar-refractivity contribution is 7.89. The highest BCUT2D eigenvalue weighted by Gasteiger charge is 2.22. The summed E-state index contributed by atoms with van der Waals surface area (Å²) < 4.78 is 23.0. The summed E-state index contributed by atoms with van der Waals surface area (Å²) in [4.78, 5) is 14.2. The van der Waals surface area contributed by atoms with Gasteiger partial charge in [0.2, 0.25) is 10.0 Å². The second-order valence-corrected chi connectivity index (χ2v) is 6.56. The first-order valence-electron chi connectivity index (χ1n) is 6.45. The van der Waals surface area contributed by atoms with Gasteiger partial charge in [0.05, 0.1) is 4.90 Å². The van der Waals surface area contributed by atoms with Crippen LogP contribution in [-0.4, -0.2) is 45.4 Å². The third-order valence-electron chi connectivity index (χ3n) is 3.60. The molecule has 6 nitrogen and oxygen atoms in total. The summed E-state index contributed by atoms with van der Waals surface area (Å²) in [5, 5.41) is 8.33. The average molecular weight is 297 g/mol. The fourth-order valence-corrected chi connectivity index (χ4v) is 2.87. The van der Waals surface area contributed by atoms with Gasteiger partial charge in [-0.15, -0.1) is 0 Å². The van der Waals surface area contributed by atoms with Crippen molar-refractivity contribution < 1.29 is 13.2 Å². The summed E-state index contributed by atoms with van der Waals surface area (Å²) in [5.74, 6) is -0.141. The van der Waals surface area contributed by atoms with E-state index in [0.717, 1.165) is 24.2 Å². The van der Waals surface area contributed by atoms with Gasteiger partial charge in [-0.05, 0) is 37.1 Å². The van der Waals surface area contributed by atoms with Gasteiger partial charge in [-0.2, -0.15) is 0 Å². The SMILES string of the molecule is Cc1cc(S(N)(=O)=O)cc(C(=O)N2CCNCC2)c1C. The summed E-state index contributed by atoms with van der Waals surface area (Å²) in [6.45, 7) is 6.33. The van der Waals surface area contributed by atoms with Crippen molar-refractivity contribution >= 4 is 15.9 Å². The maximum Gasteiger partial charge on any atom is 0.254 e. The van der Waals surface area contributed by atoms with E-state index in [-0.39, 0.29) is 10.8 Å². The van der Waals surface area contributed by atoms with E-state index < -0.39 is 10.0 Å². The molecular formula is C13H19N3O3S. The number of carbonyl (C=O) groups excluding carboxylic acids is 1. The van der Waals surface area contributed by atoms with Gasteiger partial charge in [0, 0.05) is 31.7 Å². The smallest absolute Gasteiger partial charge is 0.254 e. The number of nitrogens with zero attached hydrogens (tertiary/aromatic N) is 1. The predicted octanol–water partition coefficient (Wildman–Crippen LogP) is -0.00376. The quantitative estimate of drug-likeness (QED) is 0.803. The predicted molar refractivity (Wildman–Crippen MR) is 76.1 cm³/mol. The maximum absolute atomic E-state index is 12.5. The van der Waals surface area contributed by atoms with Crippen molar-refractivity contribution in [2.24, 2.45) is 5.14 Å². The number of nitrogens with one attached hydrogen (secondary N) is 1. The van der Waals surface area contributed by atoms with Crippen molar-refractivity contribution in [3.05, 3.63) is 28.8 Å². The lowest BCUT2D eigenvalue weighted by Crippen LogP contribution is -2.46. The van der Waals surface area contributed by atoms with E-state index in [1.54, 1.807) is 11.8 Å². The molecule has 1 fully saturated rings. The zero-order valence-electron chi connectivity index (χ0n) is 11.6. The Hall–Kier alpha value is -1.44. The molecule has 1 heterocycles. The van der Waals surface area contributed by atoms with E-state index in [4.69, 9.17) is 5.14 Å². The van der Waals surface area contributed by atoms with Crippen LogP contribution in [0.5, 0.6) is 0 Å². The fraction of sp³-hybridized carbons (Fsp3) is 0.462. The molecule has 1 saturated heterocycles. The lowest BCUT2D eigenvalue weighted by atomic mass is 10.0. The fourth-order valence-electron chi connectivity index (χ4n) is 2.25. The first-order chi connectivity index (χ1) is 9.30. The number of carbonyl (C=O) groups is 1. The third-order valence-corrected chi connectivity index (χ3v) is 4.50. The van der Waals surface area contributed by atoms with Crippen LogP contribution in [0.25, 0.3) is 0 Å². The van der Waals surface area contributed by atoms with Gasteiger partial charge in [0.15, 0.2) is 0 Å². The third kappa shape index (κ3) is 3.00. The highest BCUT2D eigenvalue weighted by atomic mass is 32.2.